The van der Waals surface area contributed by atoms with E-state index in [-0.39, 0.29) is 5.92 Å². The van der Waals surface area contributed by atoms with E-state index in [4.69, 9.17) is 15.1 Å². The summed E-state index contributed by atoms with van der Waals surface area (Å²) in [4.78, 5) is 14.2. The van der Waals surface area contributed by atoms with Crippen molar-refractivity contribution >= 4 is 11.3 Å². The Morgan fingerprint density at radius 2 is 1.96 bits per heavy atom. The maximum atomic E-state index is 5.05. The lowest BCUT2D eigenvalue weighted by atomic mass is 10.0. The predicted molar refractivity (Wildman–Crippen MR) is 104 cm³/mol. The number of aryl methyl sites for hydroxylation is 3. The molecule has 1 aliphatic rings. The zero-order valence-electron chi connectivity index (χ0n) is 16.3. The van der Waals surface area contributed by atoms with Gasteiger partial charge in [-0.2, -0.15) is 5.10 Å². The van der Waals surface area contributed by atoms with Crippen LogP contribution < -0.4 is 0 Å². The van der Waals surface area contributed by atoms with Crippen LogP contribution in [0.4, 0.5) is 0 Å². The minimum Gasteiger partial charge on any atom is -0.304 e. The number of nitrogens with zero attached hydrogens (tertiary/aromatic N) is 6. The highest BCUT2D eigenvalue weighted by Gasteiger charge is 2.28. The van der Waals surface area contributed by atoms with Crippen LogP contribution in [-0.2, 0) is 6.42 Å². The third kappa shape index (κ3) is 2.62. The van der Waals surface area contributed by atoms with E-state index in [1.165, 1.54) is 24.1 Å². The van der Waals surface area contributed by atoms with Crippen LogP contribution in [-0.4, -0.2) is 29.0 Å². The van der Waals surface area contributed by atoms with Crippen LogP contribution in [0.2, 0.25) is 0 Å². The lowest BCUT2D eigenvalue weighted by Crippen LogP contribution is -2.03. The summed E-state index contributed by atoms with van der Waals surface area (Å²) >= 11 is 0. The van der Waals surface area contributed by atoms with Crippen molar-refractivity contribution in [1.29, 1.82) is 0 Å². The van der Waals surface area contributed by atoms with Crippen molar-refractivity contribution in [2.45, 2.75) is 58.8 Å². The van der Waals surface area contributed by atoms with Crippen molar-refractivity contribution < 1.29 is 0 Å². The molecule has 5 rings (SSSR count). The van der Waals surface area contributed by atoms with Crippen molar-refractivity contribution in [2.75, 3.05) is 0 Å². The van der Waals surface area contributed by atoms with Gasteiger partial charge in [0, 0.05) is 30.4 Å². The van der Waals surface area contributed by atoms with E-state index < -0.39 is 0 Å². The van der Waals surface area contributed by atoms with Gasteiger partial charge in [-0.3, -0.25) is 4.98 Å². The summed E-state index contributed by atoms with van der Waals surface area (Å²) in [7, 11) is 0. The van der Waals surface area contributed by atoms with E-state index in [9.17, 15) is 0 Å². The molecule has 0 aliphatic heterocycles. The second kappa shape index (κ2) is 5.87. The molecule has 138 valence electrons. The molecule has 0 amide bonds. The first-order valence-electron chi connectivity index (χ1n) is 9.68. The van der Waals surface area contributed by atoms with E-state index in [1.807, 2.05) is 24.6 Å². The van der Waals surface area contributed by atoms with Crippen molar-refractivity contribution in [3.63, 3.8) is 0 Å². The minimum atomic E-state index is 0.253. The Hall–Kier alpha value is -2.76. The second-order valence-electron chi connectivity index (χ2n) is 7.87. The van der Waals surface area contributed by atoms with Crippen LogP contribution in [0.15, 0.2) is 24.5 Å². The average Bonchev–Trinajstić information content (AvgIpc) is 3.32. The molecule has 1 fully saturated rings. The van der Waals surface area contributed by atoms with Crippen molar-refractivity contribution in [3.8, 4) is 0 Å². The van der Waals surface area contributed by atoms with Crippen LogP contribution in [0.5, 0.6) is 0 Å². The van der Waals surface area contributed by atoms with Crippen molar-refractivity contribution in [2.24, 2.45) is 0 Å². The Balaban J connectivity index is 1.52. The normalized spacial score (nSPS) is 15.7. The summed E-state index contributed by atoms with van der Waals surface area (Å²) in [5.74, 6) is 1.79. The summed E-state index contributed by atoms with van der Waals surface area (Å²) in [6.45, 7) is 8.36. The van der Waals surface area contributed by atoms with Gasteiger partial charge in [0.25, 0.3) is 0 Å². The fourth-order valence-electron chi connectivity index (χ4n) is 4.00. The molecule has 0 radical (unpaired) electrons. The number of hydrogen-bond donors (Lipinski definition) is 0. The van der Waals surface area contributed by atoms with Gasteiger partial charge < -0.3 is 4.40 Å². The number of rotatable bonds is 4. The molecule has 4 heterocycles. The molecular weight excluding hydrogens is 336 g/mol. The van der Waals surface area contributed by atoms with Gasteiger partial charge in [0.05, 0.1) is 17.1 Å². The van der Waals surface area contributed by atoms with Gasteiger partial charge in [-0.1, -0.05) is 13.0 Å². The molecule has 1 unspecified atom stereocenters. The van der Waals surface area contributed by atoms with E-state index >= 15 is 0 Å². The standard InChI is InChI=1S/C21H24N6/c1-12(10-18-23-20-14(3)22-11-13(2)27(20)25-18)19-15(4)26-9-5-6-17(16-7-8-16)21(26)24-19/h5-6,9,11-12,16H,7-8,10H2,1-4H3. The van der Waals surface area contributed by atoms with Gasteiger partial charge in [0.2, 0.25) is 0 Å². The van der Waals surface area contributed by atoms with E-state index in [2.05, 4.69) is 41.6 Å². The Bertz CT molecular complexity index is 1130. The average molecular weight is 360 g/mol. The number of hydrogen-bond acceptors (Lipinski definition) is 4. The highest BCUT2D eigenvalue weighted by atomic mass is 15.3. The SMILES string of the molecule is Cc1ncc(C)n2nc(CC(C)c3nc4c(C5CC5)cccn4c3C)nc12. The molecule has 0 spiro atoms. The summed E-state index contributed by atoms with van der Waals surface area (Å²) in [6.07, 6.45) is 7.31. The molecule has 1 atom stereocenters. The Labute approximate surface area is 158 Å². The molecule has 4 aromatic rings. The highest BCUT2D eigenvalue weighted by Crippen LogP contribution is 2.42. The van der Waals surface area contributed by atoms with Gasteiger partial charge in [-0.05, 0) is 51.2 Å². The first-order chi connectivity index (χ1) is 13.0. The summed E-state index contributed by atoms with van der Waals surface area (Å²) in [5.41, 5.74) is 7.64. The quantitative estimate of drug-likeness (QED) is 0.553. The molecule has 0 N–H and O–H groups in total. The summed E-state index contributed by atoms with van der Waals surface area (Å²) in [6, 6.07) is 4.38. The number of fused-ring (bicyclic) bond motifs is 2. The Morgan fingerprint density at radius 1 is 1.15 bits per heavy atom. The zero-order chi connectivity index (χ0) is 18.7. The zero-order valence-corrected chi connectivity index (χ0v) is 16.3. The number of aromatic nitrogens is 6. The molecule has 27 heavy (non-hydrogen) atoms. The van der Waals surface area contributed by atoms with E-state index in [1.54, 1.807) is 0 Å². The first kappa shape index (κ1) is 16.4. The molecule has 0 saturated heterocycles. The van der Waals surface area contributed by atoms with E-state index in [0.717, 1.165) is 40.6 Å². The molecule has 1 saturated carbocycles. The third-order valence-electron chi connectivity index (χ3n) is 5.68. The van der Waals surface area contributed by atoms with Crippen LogP contribution in [0.1, 0.15) is 65.8 Å². The number of pyridine rings is 1. The molecule has 4 aromatic heterocycles. The fourth-order valence-corrected chi connectivity index (χ4v) is 4.00. The lowest BCUT2D eigenvalue weighted by Gasteiger charge is -2.07. The molecule has 6 heteroatoms. The van der Waals surface area contributed by atoms with Gasteiger partial charge >= 0.3 is 0 Å². The first-order valence-corrected chi connectivity index (χ1v) is 9.68. The molecule has 1 aliphatic carbocycles. The van der Waals surface area contributed by atoms with Crippen molar-refractivity contribution in [1.82, 2.24) is 29.0 Å². The summed E-state index contributed by atoms with van der Waals surface area (Å²) < 4.78 is 4.14. The summed E-state index contributed by atoms with van der Waals surface area (Å²) in [5, 5.41) is 4.71. The van der Waals surface area contributed by atoms with Crippen LogP contribution in [0, 0.1) is 20.8 Å². The smallest absolute Gasteiger partial charge is 0.177 e. The fraction of sp³-hybridized carbons (Fsp3) is 0.429. The van der Waals surface area contributed by atoms with Gasteiger partial charge in [0.1, 0.15) is 5.65 Å². The maximum absolute atomic E-state index is 5.05. The highest BCUT2D eigenvalue weighted by molar-refractivity contribution is 5.54. The minimum absolute atomic E-state index is 0.253. The topological polar surface area (TPSA) is 60.4 Å². The number of imidazole rings is 1. The molecular formula is C21H24N6. The lowest BCUT2D eigenvalue weighted by molar-refractivity contribution is 0.691. The molecule has 0 aromatic carbocycles. The van der Waals surface area contributed by atoms with Gasteiger partial charge in [-0.15, -0.1) is 0 Å². The van der Waals surface area contributed by atoms with Gasteiger partial charge in [0.15, 0.2) is 11.5 Å². The van der Waals surface area contributed by atoms with Crippen LogP contribution in [0.25, 0.3) is 11.3 Å². The van der Waals surface area contributed by atoms with E-state index in [0.29, 0.717) is 5.92 Å². The molecule has 0 bridgehead atoms. The Kier molecular flexibility index (Phi) is 3.57. The van der Waals surface area contributed by atoms with Crippen molar-refractivity contribution in [3.05, 3.63) is 58.7 Å². The Morgan fingerprint density at radius 3 is 2.70 bits per heavy atom. The largest absolute Gasteiger partial charge is 0.304 e. The maximum Gasteiger partial charge on any atom is 0.177 e. The molecule has 6 nitrogen and oxygen atoms in total. The second-order valence-corrected chi connectivity index (χ2v) is 7.87. The monoisotopic (exact) mass is 360 g/mol. The van der Waals surface area contributed by atoms with Crippen LogP contribution in [0.3, 0.4) is 0 Å². The van der Waals surface area contributed by atoms with Gasteiger partial charge in [-0.25, -0.2) is 14.5 Å². The third-order valence-corrected chi connectivity index (χ3v) is 5.68. The van der Waals surface area contributed by atoms with Crippen LogP contribution >= 0.6 is 0 Å². The predicted octanol–water partition coefficient (Wildman–Crippen LogP) is 3.92.